The van der Waals surface area contributed by atoms with E-state index < -0.39 is 5.97 Å². The Kier molecular flexibility index (Phi) is 4.50. The van der Waals surface area contributed by atoms with Crippen molar-refractivity contribution in [3.05, 3.63) is 41.0 Å². The second-order valence-corrected chi connectivity index (χ2v) is 4.83. The third-order valence-electron chi connectivity index (χ3n) is 2.81. The fraction of sp³-hybridized carbons (Fsp3) is 0.400. The summed E-state index contributed by atoms with van der Waals surface area (Å²) in [4.78, 5) is 10.6. The quantitative estimate of drug-likeness (QED) is 0.796. The number of carboxylic acids is 1. The molecule has 0 aliphatic heterocycles. The molecule has 0 aliphatic rings. The van der Waals surface area contributed by atoms with Crippen LogP contribution in [-0.2, 0) is 4.79 Å². The molecule has 0 amide bonds. The normalized spacial score (nSPS) is 11.6. The van der Waals surface area contributed by atoms with Gasteiger partial charge >= 0.3 is 5.97 Å². The van der Waals surface area contributed by atoms with E-state index in [2.05, 4.69) is 39.8 Å². The highest BCUT2D eigenvalue weighted by Gasteiger charge is 2.11. The summed E-state index contributed by atoms with van der Waals surface area (Å²) in [6, 6.07) is 6.18. The smallest absolute Gasteiger partial charge is 0.328 e. The standard InChI is InChI=1S/C15H20O2/c1-10(2)12-6-5-7-13(11(3)4)14(12)8-9-15(16)17/h5-11H,1-4H3,(H,16,17). The molecule has 0 aliphatic carbocycles. The highest BCUT2D eigenvalue weighted by Crippen LogP contribution is 2.28. The summed E-state index contributed by atoms with van der Waals surface area (Å²) in [5.74, 6) is -0.123. The van der Waals surface area contributed by atoms with Crippen LogP contribution in [0.2, 0.25) is 0 Å². The van der Waals surface area contributed by atoms with Gasteiger partial charge in [-0.2, -0.15) is 0 Å². The van der Waals surface area contributed by atoms with E-state index in [1.807, 2.05) is 6.07 Å². The van der Waals surface area contributed by atoms with Gasteiger partial charge < -0.3 is 5.11 Å². The van der Waals surface area contributed by atoms with Gasteiger partial charge in [-0.05, 0) is 34.6 Å². The van der Waals surface area contributed by atoms with Crippen LogP contribution >= 0.6 is 0 Å². The fourth-order valence-electron chi connectivity index (χ4n) is 1.96. The van der Waals surface area contributed by atoms with Crippen LogP contribution in [-0.4, -0.2) is 11.1 Å². The molecule has 1 rings (SSSR count). The van der Waals surface area contributed by atoms with Gasteiger partial charge in [-0.15, -0.1) is 0 Å². The summed E-state index contributed by atoms with van der Waals surface area (Å²) >= 11 is 0. The molecular formula is C15H20O2. The lowest BCUT2D eigenvalue weighted by atomic mass is 9.88. The van der Waals surface area contributed by atoms with E-state index in [0.29, 0.717) is 11.8 Å². The molecule has 0 spiro atoms. The Balaban J connectivity index is 3.33. The Bertz CT molecular complexity index is 402. The maximum Gasteiger partial charge on any atom is 0.328 e. The van der Waals surface area contributed by atoms with Gasteiger partial charge in [-0.25, -0.2) is 4.79 Å². The molecule has 0 radical (unpaired) electrons. The highest BCUT2D eigenvalue weighted by atomic mass is 16.4. The molecule has 0 heterocycles. The summed E-state index contributed by atoms with van der Waals surface area (Å²) in [6.45, 7) is 8.49. The summed E-state index contributed by atoms with van der Waals surface area (Å²) in [5, 5.41) is 8.75. The van der Waals surface area contributed by atoms with E-state index in [1.54, 1.807) is 6.08 Å². The molecule has 0 saturated heterocycles. The van der Waals surface area contributed by atoms with Crippen LogP contribution in [0.4, 0.5) is 0 Å². The molecule has 1 aromatic carbocycles. The van der Waals surface area contributed by atoms with Gasteiger partial charge in [0.1, 0.15) is 0 Å². The predicted octanol–water partition coefficient (Wildman–Crippen LogP) is 4.03. The van der Waals surface area contributed by atoms with Crippen LogP contribution < -0.4 is 0 Å². The van der Waals surface area contributed by atoms with Crippen molar-refractivity contribution in [3.63, 3.8) is 0 Å². The zero-order chi connectivity index (χ0) is 13.0. The number of hydrogen-bond acceptors (Lipinski definition) is 1. The van der Waals surface area contributed by atoms with Crippen LogP contribution in [0.3, 0.4) is 0 Å². The van der Waals surface area contributed by atoms with E-state index in [9.17, 15) is 4.79 Å². The van der Waals surface area contributed by atoms with Gasteiger partial charge in [-0.3, -0.25) is 0 Å². The van der Waals surface area contributed by atoms with E-state index in [1.165, 1.54) is 17.2 Å². The van der Waals surface area contributed by atoms with Gasteiger partial charge in [0.25, 0.3) is 0 Å². The first-order chi connectivity index (χ1) is 7.93. The van der Waals surface area contributed by atoms with Crippen LogP contribution in [0.15, 0.2) is 24.3 Å². The zero-order valence-corrected chi connectivity index (χ0v) is 10.9. The molecule has 0 atom stereocenters. The first-order valence-electron chi connectivity index (χ1n) is 5.97. The van der Waals surface area contributed by atoms with Crippen molar-refractivity contribution in [2.45, 2.75) is 39.5 Å². The minimum absolute atomic E-state index is 0.391. The summed E-state index contributed by atoms with van der Waals surface area (Å²) in [7, 11) is 0. The lowest BCUT2D eigenvalue weighted by Crippen LogP contribution is -2.00. The number of carbonyl (C=O) groups is 1. The summed E-state index contributed by atoms with van der Waals surface area (Å²) in [6.07, 6.45) is 2.93. The second-order valence-electron chi connectivity index (χ2n) is 4.83. The van der Waals surface area contributed by atoms with Crippen LogP contribution in [0.5, 0.6) is 0 Å². The molecule has 1 aromatic rings. The Morgan fingerprint density at radius 3 is 1.94 bits per heavy atom. The Morgan fingerprint density at radius 1 is 1.12 bits per heavy atom. The molecule has 92 valence electrons. The minimum Gasteiger partial charge on any atom is -0.478 e. The third-order valence-corrected chi connectivity index (χ3v) is 2.81. The summed E-state index contributed by atoms with van der Waals surface area (Å²) in [5.41, 5.74) is 3.46. The number of benzene rings is 1. The Hall–Kier alpha value is -1.57. The highest BCUT2D eigenvalue weighted by molar-refractivity contribution is 5.86. The van der Waals surface area contributed by atoms with Crippen LogP contribution in [0.25, 0.3) is 6.08 Å². The molecule has 1 N–H and O–H groups in total. The Labute approximate surface area is 103 Å². The molecule has 0 aromatic heterocycles. The molecular weight excluding hydrogens is 212 g/mol. The van der Waals surface area contributed by atoms with Gasteiger partial charge in [0.15, 0.2) is 0 Å². The number of hydrogen-bond donors (Lipinski definition) is 1. The van der Waals surface area contributed by atoms with Crippen LogP contribution in [0.1, 0.15) is 56.2 Å². The predicted molar refractivity (Wildman–Crippen MR) is 71.3 cm³/mol. The van der Waals surface area contributed by atoms with Crippen molar-refractivity contribution in [2.24, 2.45) is 0 Å². The van der Waals surface area contributed by atoms with E-state index in [-0.39, 0.29) is 0 Å². The van der Waals surface area contributed by atoms with Gasteiger partial charge in [-0.1, -0.05) is 45.9 Å². The lowest BCUT2D eigenvalue weighted by Gasteiger charge is -2.16. The largest absolute Gasteiger partial charge is 0.478 e. The maximum atomic E-state index is 10.6. The zero-order valence-electron chi connectivity index (χ0n) is 10.9. The van der Waals surface area contributed by atoms with Crippen molar-refractivity contribution in [1.82, 2.24) is 0 Å². The average Bonchev–Trinajstić information content (AvgIpc) is 2.25. The van der Waals surface area contributed by atoms with Gasteiger partial charge in [0.2, 0.25) is 0 Å². The number of rotatable bonds is 4. The topological polar surface area (TPSA) is 37.3 Å². The maximum absolute atomic E-state index is 10.6. The molecule has 17 heavy (non-hydrogen) atoms. The molecule has 0 bridgehead atoms. The minimum atomic E-state index is -0.904. The second kappa shape index (κ2) is 5.67. The van der Waals surface area contributed by atoms with Crippen molar-refractivity contribution in [3.8, 4) is 0 Å². The van der Waals surface area contributed by atoms with Crippen LogP contribution in [0, 0.1) is 0 Å². The van der Waals surface area contributed by atoms with Crippen molar-refractivity contribution < 1.29 is 9.90 Å². The van der Waals surface area contributed by atoms with Crippen molar-refractivity contribution >= 4 is 12.0 Å². The number of carboxylic acid groups (broad SMARTS) is 1. The molecule has 0 unspecified atom stereocenters. The third kappa shape index (κ3) is 3.45. The van der Waals surface area contributed by atoms with E-state index in [4.69, 9.17) is 5.11 Å². The Morgan fingerprint density at radius 2 is 1.59 bits per heavy atom. The fourth-order valence-corrected chi connectivity index (χ4v) is 1.96. The van der Waals surface area contributed by atoms with Crippen molar-refractivity contribution in [2.75, 3.05) is 0 Å². The monoisotopic (exact) mass is 232 g/mol. The first-order valence-corrected chi connectivity index (χ1v) is 5.97. The van der Waals surface area contributed by atoms with Gasteiger partial charge in [0.05, 0.1) is 0 Å². The van der Waals surface area contributed by atoms with Crippen molar-refractivity contribution in [1.29, 1.82) is 0 Å². The SMILES string of the molecule is CC(C)c1cccc(C(C)C)c1C=CC(=O)O. The lowest BCUT2D eigenvalue weighted by molar-refractivity contribution is -0.131. The van der Waals surface area contributed by atoms with E-state index >= 15 is 0 Å². The summed E-state index contributed by atoms with van der Waals surface area (Å²) < 4.78 is 0. The van der Waals surface area contributed by atoms with Gasteiger partial charge in [0, 0.05) is 6.08 Å². The molecule has 2 nitrogen and oxygen atoms in total. The van der Waals surface area contributed by atoms with E-state index in [0.717, 1.165) is 5.56 Å². The molecule has 2 heteroatoms. The first kappa shape index (κ1) is 13.5. The average molecular weight is 232 g/mol. The molecule has 0 fully saturated rings. The number of aliphatic carboxylic acids is 1. The molecule has 0 saturated carbocycles.